The second kappa shape index (κ2) is 9.68. The Kier molecular flexibility index (Phi) is 7.18. The van der Waals surface area contributed by atoms with Gasteiger partial charge in [-0.05, 0) is 55.7 Å². The van der Waals surface area contributed by atoms with Crippen molar-refractivity contribution in [2.75, 3.05) is 18.6 Å². The van der Waals surface area contributed by atoms with Crippen LogP contribution in [0.4, 0.5) is 18.3 Å². The molecular formula is C23H24F3N3O2S. The van der Waals surface area contributed by atoms with Gasteiger partial charge >= 0.3 is 6.18 Å². The smallest absolute Gasteiger partial charge is 0.417 e. The lowest BCUT2D eigenvalue weighted by molar-refractivity contribution is -0.137. The summed E-state index contributed by atoms with van der Waals surface area (Å²) >= 11 is 1.17. The quantitative estimate of drug-likeness (QED) is 0.413. The summed E-state index contributed by atoms with van der Waals surface area (Å²) in [7, 11) is 1.61. The number of unbranched alkanes of at least 4 members (excludes halogenated alkanes) is 1. The Bertz CT molecular complexity index is 1090. The van der Waals surface area contributed by atoms with Crippen molar-refractivity contribution < 1.29 is 22.7 Å². The lowest BCUT2D eigenvalue weighted by atomic mass is 10.1. The minimum Gasteiger partial charge on any atom is -0.496 e. The van der Waals surface area contributed by atoms with Crippen molar-refractivity contribution in [3.05, 3.63) is 58.7 Å². The van der Waals surface area contributed by atoms with E-state index in [4.69, 9.17) is 4.74 Å². The fraction of sp³-hybridized carbons (Fsp3) is 0.348. The highest BCUT2D eigenvalue weighted by Crippen LogP contribution is 2.36. The molecule has 0 saturated heterocycles. The maximum Gasteiger partial charge on any atom is 0.417 e. The number of hydrogen-bond donors (Lipinski definition) is 0. The van der Waals surface area contributed by atoms with Crippen molar-refractivity contribution in [2.24, 2.45) is 0 Å². The van der Waals surface area contributed by atoms with Gasteiger partial charge in [0, 0.05) is 12.1 Å². The third-order valence-corrected chi connectivity index (χ3v) is 6.00. The highest BCUT2D eigenvalue weighted by Gasteiger charge is 2.36. The number of rotatable bonds is 7. The van der Waals surface area contributed by atoms with E-state index in [0.29, 0.717) is 11.4 Å². The number of aryl methyl sites for hydroxylation is 2. The van der Waals surface area contributed by atoms with Crippen LogP contribution < -0.4 is 9.64 Å². The minimum absolute atomic E-state index is 0.247. The minimum atomic E-state index is -4.63. The van der Waals surface area contributed by atoms with Crippen molar-refractivity contribution in [3.8, 4) is 16.3 Å². The zero-order chi connectivity index (χ0) is 23.5. The molecule has 3 aromatic rings. The van der Waals surface area contributed by atoms with E-state index in [9.17, 15) is 18.0 Å². The van der Waals surface area contributed by atoms with Crippen LogP contribution in [0.2, 0.25) is 0 Å². The van der Waals surface area contributed by atoms with Crippen LogP contribution in [0.25, 0.3) is 10.6 Å². The van der Waals surface area contributed by atoms with E-state index >= 15 is 0 Å². The maximum absolute atomic E-state index is 13.5. The fourth-order valence-corrected chi connectivity index (χ4v) is 4.36. The third kappa shape index (κ3) is 4.93. The Balaban J connectivity index is 2.01. The number of carbonyl (C=O) groups is 1. The predicted octanol–water partition coefficient (Wildman–Crippen LogP) is 6.30. The molecule has 0 bridgehead atoms. The number of aromatic nitrogens is 2. The van der Waals surface area contributed by atoms with E-state index in [1.807, 2.05) is 32.9 Å². The SMILES string of the molecule is CCCCN(C(=O)c1ccccc1C(F)(F)F)c1nnc(-c2cc(C)c(OC)c(C)c2)s1. The first-order valence-electron chi connectivity index (χ1n) is 10.1. The molecule has 1 heterocycles. The number of halogens is 3. The first kappa shape index (κ1) is 23.7. The number of alkyl halides is 3. The molecule has 0 atom stereocenters. The summed E-state index contributed by atoms with van der Waals surface area (Å²) in [6, 6.07) is 8.63. The van der Waals surface area contributed by atoms with Gasteiger partial charge in [-0.1, -0.05) is 36.8 Å². The van der Waals surface area contributed by atoms with Crippen LogP contribution in [-0.2, 0) is 6.18 Å². The molecule has 170 valence electrons. The van der Waals surface area contributed by atoms with Gasteiger partial charge < -0.3 is 4.74 Å². The van der Waals surface area contributed by atoms with Crippen molar-refractivity contribution in [1.82, 2.24) is 10.2 Å². The largest absolute Gasteiger partial charge is 0.496 e. The first-order valence-corrected chi connectivity index (χ1v) is 11.0. The fourth-order valence-electron chi connectivity index (χ4n) is 3.50. The molecule has 9 heteroatoms. The molecular weight excluding hydrogens is 439 g/mol. The van der Waals surface area contributed by atoms with E-state index in [2.05, 4.69) is 10.2 Å². The Morgan fingerprint density at radius 2 is 1.78 bits per heavy atom. The predicted molar refractivity (Wildman–Crippen MR) is 119 cm³/mol. The van der Waals surface area contributed by atoms with Gasteiger partial charge in [0.15, 0.2) is 0 Å². The highest BCUT2D eigenvalue weighted by molar-refractivity contribution is 7.18. The van der Waals surface area contributed by atoms with Crippen LogP contribution >= 0.6 is 11.3 Å². The number of carbonyl (C=O) groups excluding carboxylic acids is 1. The van der Waals surface area contributed by atoms with E-state index in [1.54, 1.807) is 7.11 Å². The highest BCUT2D eigenvalue weighted by atomic mass is 32.1. The lowest BCUT2D eigenvalue weighted by Gasteiger charge is -2.21. The number of methoxy groups -OCH3 is 1. The second-order valence-electron chi connectivity index (χ2n) is 7.39. The number of anilines is 1. The van der Waals surface area contributed by atoms with Crippen molar-refractivity contribution in [3.63, 3.8) is 0 Å². The Morgan fingerprint density at radius 3 is 2.38 bits per heavy atom. The molecule has 0 aliphatic carbocycles. The monoisotopic (exact) mass is 463 g/mol. The number of ether oxygens (including phenoxy) is 1. The van der Waals surface area contributed by atoms with Gasteiger partial charge in [-0.15, -0.1) is 10.2 Å². The molecule has 0 aliphatic heterocycles. The maximum atomic E-state index is 13.5. The van der Waals surface area contributed by atoms with Crippen LogP contribution in [0.1, 0.15) is 46.8 Å². The molecule has 0 spiro atoms. The van der Waals surface area contributed by atoms with E-state index < -0.39 is 23.2 Å². The molecule has 32 heavy (non-hydrogen) atoms. The molecule has 0 aliphatic rings. The van der Waals surface area contributed by atoms with Crippen molar-refractivity contribution >= 4 is 22.4 Å². The van der Waals surface area contributed by atoms with Crippen molar-refractivity contribution in [2.45, 2.75) is 39.8 Å². The standard InChI is InChI=1S/C23H24F3N3O2S/c1-5-6-11-29(21(30)17-9-7-8-10-18(17)23(24,25)26)22-28-27-20(32-22)16-12-14(2)19(31-4)15(3)13-16/h7-10,12-13H,5-6,11H2,1-4H3. The molecule has 2 aromatic carbocycles. The summed E-state index contributed by atoms with van der Waals surface area (Å²) in [4.78, 5) is 14.5. The third-order valence-electron chi connectivity index (χ3n) is 5.00. The summed E-state index contributed by atoms with van der Waals surface area (Å²) in [6.07, 6.45) is -3.24. The normalized spacial score (nSPS) is 11.5. The van der Waals surface area contributed by atoms with Crippen molar-refractivity contribution in [1.29, 1.82) is 0 Å². The van der Waals surface area contributed by atoms with Gasteiger partial charge in [0.2, 0.25) is 5.13 Å². The average molecular weight is 464 g/mol. The van der Waals surface area contributed by atoms with E-state index in [1.165, 1.54) is 34.4 Å². The summed E-state index contributed by atoms with van der Waals surface area (Å²) < 4.78 is 45.8. The van der Waals surface area contributed by atoms with Crippen LogP contribution in [0, 0.1) is 13.8 Å². The van der Waals surface area contributed by atoms with E-state index in [-0.39, 0.29) is 11.7 Å². The topological polar surface area (TPSA) is 55.3 Å². The lowest BCUT2D eigenvalue weighted by Crippen LogP contribution is -2.33. The number of nitrogens with zero attached hydrogens (tertiary/aromatic N) is 3. The molecule has 0 radical (unpaired) electrons. The molecule has 0 saturated carbocycles. The summed E-state index contributed by atoms with van der Waals surface area (Å²) in [5.74, 6) is 0.0400. The van der Waals surface area contributed by atoms with E-state index in [0.717, 1.165) is 34.9 Å². The summed E-state index contributed by atoms with van der Waals surface area (Å²) in [5, 5.41) is 9.20. The Hall–Kier alpha value is -2.94. The van der Waals surface area contributed by atoms with Gasteiger partial charge in [-0.25, -0.2) is 0 Å². The first-order chi connectivity index (χ1) is 15.2. The van der Waals surface area contributed by atoms with Gasteiger partial charge in [0.25, 0.3) is 5.91 Å². The molecule has 0 N–H and O–H groups in total. The van der Waals surface area contributed by atoms with Gasteiger partial charge in [-0.3, -0.25) is 9.69 Å². The summed E-state index contributed by atoms with van der Waals surface area (Å²) in [5.41, 5.74) is 1.30. The molecule has 3 rings (SSSR count). The molecule has 0 unspecified atom stereocenters. The van der Waals surface area contributed by atoms with Gasteiger partial charge in [0.05, 0.1) is 18.2 Å². The summed E-state index contributed by atoms with van der Waals surface area (Å²) in [6.45, 7) is 6.03. The zero-order valence-electron chi connectivity index (χ0n) is 18.3. The number of benzene rings is 2. The van der Waals surface area contributed by atoms with Gasteiger partial charge in [0.1, 0.15) is 10.8 Å². The second-order valence-corrected chi connectivity index (χ2v) is 8.34. The van der Waals surface area contributed by atoms with Crippen LogP contribution in [0.3, 0.4) is 0 Å². The Labute approximate surface area is 188 Å². The van der Waals surface area contributed by atoms with Crippen LogP contribution in [-0.4, -0.2) is 29.8 Å². The average Bonchev–Trinajstić information content (AvgIpc) is 3.23. The van der Waals surface area contributed by atoms with Gasteiger partial charge in [-0.2, -0.15) is 13.2 Å². The molecule has 5 nitrogen and oxygen atoms in total. The van der Waals surface area contributed by atoms with Crippen LogP contribution in [0.5, 0.6) is 5.75 Å². The molecule has 0 fully saturated rings. The number of amides is 1. The Morgan fingerprint density at radius 1 is 1.12 bits per heavy atom. The molecule has 1 aromatic heterocycles. The van der Waals surface area contributed by atoms with Crippen LogP contribution in [0.15, 0.2) is 36.4 Å². The molecule has 1 amide bonds. The zero-order valence-corrected chi connectivity index (χ0v) is 19.1. The number of hydrogen-bond acceptors (Lipinski definition) is 5.